The van der Waals surface area contributed by atoms with Crippen LogP contribution in [-0.2, 0) is 4.79 Å². The molecule has 0 unspecified atom stereocenters. The number of likely N-dealkylation sites (N-methyl/N-ethyl adjacent to an activating group) is 1. The Hall–Kier alpha value is -2.47. The van der Waals surface area contributed by atoms with Gasteiger partial charge in [-0.25, -0.2) is 9.97 Å². The number of thiophene rings is 1. The minimum Gasteiger partial charge on any atom is -0.358 e. The van der Waals surface area contributed by atoms with Gasteiger partial charge in [0.05, 0.1) is 5.39 Å². The highest BCUT2D eigenvalue weighted by atomic mass is 32.1. The number of nitrogens with one attached hydrogen (secondary N) is 2. The standard InChI is InChI=1S/C18H20N4OS/c1-4-19-17(23)12(3)22-16-14-11(2)15(13-8-6-5-7-9-13)24-18(14)21-10-20-16/h5-10,12H,4H2,1-3H3,(H,19,23)(H,20,21,22)/t12-/m0/s1. The van der Waals surface area contributed by atoms with Gasteiger partial charge < -0.3 is 10.6 Å². The minimum absolute atomic E-state index is 0.0413. The van der Waals surface area contributed by atoms with E-state index < -0.39 is 0 Å². The molecule has 1 atom stereocenters. The summed E-state index contributed by atoms with van der Waals surface area (Å²) >= 11 is 1.65. The Labute approximate surface area is 145 Å². The number of carbonyl (C=O) groups is 1. The first-order valence-electron chi connectivity index (χ1n) is 7.95. The number of rotatable bonds is 5. The molecule has 5 nitrogen and oxygen atoms in total. The van der Waals surface area contributed by atoms with Crippen LogP contribution < -0.4 is 10.6 Å². The first kappa shape index (κ1) is 16.4. The average Bonchev–Trinajstić information content (AvgIpc) is 2.94. The van der Waals surface area contributed by atoms with Crippen LogP contribution in [0.15, 0.2) is 36.7 Å². The molecule has 2 N–H and O–H groups in total. The summed E-state index contributed by atoms with van der Waals surface area (Å²) in [7, 11) is 0. The Kier molecular flexibility index (Phi) is 4.76. The number of hydrogen-bond donors (Lipinski definition) is 2. The molecule has 6 heteroatoms. The van der Waals surface area contributed by atoms with Crippen LogP contribution >= 0.6 is 11.3 Å². The van der Waals surface area contributed by atoms with Gasteiger partial charge in [0.1, 0.15) is 23.0 Å². The predicted molar refractivity (Wildman–Crippen MR) is 99.4 cm³/mol. The third kappa shape index (κ3) is 3.10. The molecule has 1 amide bonds. The molecule has 0 saturated carbocycles. The van der Waals surface area contributed by atoms with Crippen molar-refractivity contribution in [3.63, 3.8) is 0 Å². The van der Waals surface area contributed by atoms with E-state index in [1.165, 1.54) is 10.4 Å². The lowest BCUT2D eigenvalue weighted by Crippen LogP contribution is -2.37. The zero-order chi connectivity index (χ0) is 17.1. The summed E-state index contributed by atoms with van der Waals surface area (Å²) in [6.45, 7) is 6.42. The lowest BCUT2D eigenvalue weighted by Gasteiger charge is -2.14. The van der Waals surface area contributed by atoms with Crippen LogP contribution in [0.3, 0.4) is 0 Å². The van der Waals surface area contributed by atoms with Gasteiger partial charge in [-0.3, -0.25) is 4.79 Å². The number of aromatic nitrogens is 2. The highest BCUT2D eigenvalue weighted by Crippen LogP contribution is 2.39. The number of fused-ring (bicyclic) bond motifs is 1. The molecule has 0 aliphatic heterocycles. The second-order valence-corrected chi connectivity index (χ2v) is 6.58. The molecule has 0 saturated heterocycles. The zero-order valence-electron chi connectivity index (χ0n) is 14.0. The number of benzene rings is 1. The van der Waals surface area contributed by atoms with Gasteiger partial charge in [0.25, 0.3) is 0 Å². The molecular formula is C18H20N4OS. The van der Waals surface area contributed by atoms with E-state index in [4.69, 9.17) is 0 Å². The first-order chi connectivity index (χ1) is 11.6. The molecule has 0 spiro atoms. The van der Waals surface area contributed by atoms with Crippen molar-refractivity contribution >= 4 is 33.3 Å². The van der Waals surface area contributed by atoms with Crippen molar-refractivity contribution in [2.75, 3.05) is 11.9 Å². The van der Waals surface area contributed by atoms with Crippen LogP contribution in [0.5, 0.6) is 0 Å². The molecule has 0 radical (unpaired) electrons. The Morgan fingerprint density at radius 3 is 2.71 bits per heavy atom. The zero-order valence-corrected chi connectivity index (χ0v) is 14.8. The average molecular weight is 340 g/mol. The summed E-state index contributed by atoms with van der Waals surface area (Å²) < 4.78 is 0. The van der Waals surface area contributed by atoms with E-state index in [0.717, 1.165) is 15.8 Å². The smallest absolute Gasteiger partial charge is 0.242 e. The number of amides is 1. The molecule has 2 heterocycles. The minimum atomic E-state index is -0.359. The predicted octanol–water partition coefficient (Wildman–Crippen LogP) is 3.60. The maximum Gasteiger partial charge on any atom is 0.242 e. The monoisotopic (exact) mass is 340 g/mol. The summed E-state index contributed by atoms with van der Waals surface area (Å²) in [6.07, 6.45) is 1.54. The van der Waals surface area contributed by atoms with E-state index in [1.54, 1.807) is 17.7 Å². The Balaban J connectivity index is 2.01. The van der Waals surface area contributed by atoms with Crippen LogP contribution in [0.1, 0.15) is 19.4 Å². The molecule has 2 aromatic heterocycles. The fourth-order valence-corrected chi connectivity index (χ4v) is 3.80. The van der Waals surface area contributed by atoms with Gasteiger partial charge in [-0.2, -0.15) is 0 Å². The molecule has 3 rings (SSSR count). The highest BCUT2D eigenvalue weighted by molar-refractivity contribution is 7.22. The molecule has 1 aromatic carbocycles. The lowest BCUT2D eigenvalue weighted by atomic mass is 10.1. The van der Waals surface area contributed by atoms with Crippen LogP contribution in [0, 0.1) is 6.92 Å². The highest BCUT2D eigenvalue weighted by Gasteiger charge is 2.18. The SMILES string of the molecule is CCNC(=O)[C@H](C)Nc1ncnc2sc(-c3ccccc3)c(C)c12. The van der Waals surface area contributed by atoms with E-state index in [0.29, 0.717) is 12.4 Å². The summed E-state index contributed by atoms with van der Waals surface area (Å²) in [4.78, 5) is 22.9. The van der Waals surface area contributed by atoms with Gasteiger partial charge in [-0.1, -0.05) is 30.3 Å². The molecule has 124 valence electrons. The van der Waals surface area contributed by atoms with Crippen molar-refractivity contribution in [1.82, 2.24) is 15.3 Å². The van der Waals surface area contributed by atoms with E-state index in [9.17, 15) is 4.79 Å². The number of carbonyl (C=O) groups excluding carboxylic acids is 1. The van der Waals surface area contributed by atoms with E-state index in [2.05, 4.69) is 39.7 Å². The number of aryl methyl sites for hydroxylation is 1. The van der Waals surface area contributed by atoms with Crippen molar-refractivity contribution < 1.29 is 4.79 Å². The van der Waals surface area contributed by atoms with Crippen LogP contribution in [0.25, 0.3) is 20.7 Å². The third-order valence-corrected chi connectivity index (χ3v) is 5.11. The van der Waals surface area contributed by atoms with Gasteiger partial charge in [-0.15, -0.1) is 11.3 Å². The van der Waals surface area contributed by atoms with Crippen molar-refractivity contribution in [3.8, 4) is 10.4 Å². The maximum absolute atomic E-state index is 12.0. The second kappa shape index (κ2) is 6.97. The van der Waals surface area contributed by atoms with Gasteiger partial charge in [0.2, 0.25) is 5.91 Å². The largest absolute Gasteiger partial charge is 0.358 e. The summed E-state index contributed by atoms with van der Waals surface area (Å²) in [6, 6.07) is 9.89. The molecule has 0 aliphatic rings. The molecule has 0 bridgehead atoms. The molecule has 0 aliphatic carbocycles. The lowest BCUT2D eigenvalue weighted by molar-refractivity contribution is -0.121. The van der Waals surface area contributed by atoms with Crippen LogP contribution in [0.2, 0.25) is 0 Å². The van der Waals surface area contributed by atoms with Crippen molar-refractivity contribution in [2.45, 2.75) is 26.8 Å². The molecular weight excluding hydrogens is 320 g/mol. The summed E-state index contributed by atoms with van der Waals surface area (Å²) in [5.41, 5.74) is 2.30. The van der Waals surface area contributed by atoms with Crippen molar-refractivity contribution in [3.05, 3.63) is 42.2 Å². The normalized spacial score (nSPS) is 12.1. The van der Waals surface area contributed by atoms with E-state index in [-0.39, 0.29) is 11.9 Å². The van der Waals surface area contributed by atoms with Crippen LogP contribution in [-0.4, -0.2) is 28.5 Å². The van der Waals surface area contributed by atoms with Crippen molar-refractivity contribution in [2.24, 2.45) is 0 Å². The third-order valence-electron chi connectivity index (χ3n) is 3.86. The quantitative estimate of drug-likeness (QED) is 0.745. The van der Waals surface area contributed by atoms with Crippen molar-refractivity contribution in [1.29, 1.82) is 0 Å². The fraction of sp³-hybridized carbons (Fsp3) is 0.278. The van der Waals surface area contributed by atoms with E-state index >= 15 is 0 Å². The number of nitrogens with zero attached hydrogens (tertiary/aromatic N) is 2. The first-order valence-corrected chi connectivity index (χ1v) is 8.77. The Morgan fingerprint density at radius 2 is 2.00 bits per heavy atom. The van der Waals surface area contributed by atoms with Gasteiger partial charge in [0, 0.05) is 11.4 Å². The van der Waals surface area contributed by atoms with Crippen LogP contribution in [0.4, 0.5) is 5.82 Å². The fourth-order valence-electron chi connectivity index (χ4n) is 2.64. The Morgan fingerprint density at radius 1 is 1.25 bits per heavy atom. The van der Waals surface area contributed by atoms with Gasteiger partial charge in [0.15, 0.2) is 0 Å². The maximum atomic E-state index is 12.0. The molecule has 3 aromatic rings. The van der Waals surface area contributed by atoms with E-state index in [1.807, 2.05) is 32.0 Å². The summed E-state index contributed by atoms with van der Waals surface area (Å²) in [5.74, 6) is 0.662. The van der Waals surface area contributed by atoms with Gasteiger partial charge in [-0.05, 0) is 31.9 Å². The molecule has 24 heavy (non-hydrogen) atoms. The number of hydrogen-bond acceptors (Lipinski definition) is 5. The molecule has 0 fully saturated rings. The summed E-state index contributed by atoms with van der Waals surface area (Å²) in [5, 5.41) is 7.02. The van der Waals surface area contributed by atoms with Gasteiger partial charge >= 0.3 is 0 Å². The Bertz CT molecular complexity index is 860. The second-order valence-electron chi connectivity index (χ2n) is 5.59. The number of anilines is 1. The topological polar surface area (TPSA) is 66.9 Å².